The smallest absolute Gasteiger partial charge is 0.241 e. The molecule has 0 radical (unpaired) electrons. The van der Waals surface area contributed by atoms with Gasteiger partial charge in [0.2, 0.25) is 18.2 Å². The summed E-state index contributed by atoms with van der Waals surface area (Å²) >= 11 is 8.04. The Hall–Kier alpha value is -1.19. The van der Waals surface area contributed by atoms with Crippen LogP contribution in [0.15, 0.2) is 0 Å². The highest BCUT2D eigenvalue weighted by atomic mass is 35.5. The fraction of sp³-hybridized carbons (Fsp3) is 0.893. The van der Waals surface area contributed by atoms with E-state index in [1.54, 1.807) is 18.9 Å². The van der Waals surface area contributed by atoms with Crippen LogP contribution in [0.2, 0.25) is 0 Å². The van der Waals surface area contributed by atoms with Crippen LogP contribution in [0.3, 0.4) is 0 Å². The number of fused-ring (bicyclic) bond motifs is 1. The highest BCUT2D eigenvalue weighted by molar-refractivity contribution is 8.00. The zero-order valence-electron chi connectivity index (χ0n) is 23.2. The lowest BCUT2D eigenvalue weighted by molar-refractivity contribution is -0.136. The van der Waals surface area contributed by atoms with Gasteiger partial charge in [-0.25, -0.2) is 8.78 Å². The molecule has 8 nitrogen and oxygen atoms in total. The molecule has 40 heavy (non-hydrogen) atoms. The van der Waals surface area contributed by atoms with Crippen LogP contribution < -0.4 is 16.0 Å². The van der Waals surface area contributed by atoms with Crippen molar-refractivity contribution in [3.8, 4) is 6.07 Å². The molecule has 12 unspecified atom stereocenters. The first-order chi connectivity index (χ1) is 19.2. The number of ether oxygens (including phenoxy) is 1. The maximum Gasteiger partial charge on any atom is 0.241 e. The molecule has 2 amide bonds. The van der Waals surface area contributed by atoms with Crippen LogP contribution in [0, 0.1) is 46.8 Å². The molecule has 2 saturated carbocycles. The zero-order chi connectivity index (χ0) is 28.6. The van der Waals surface area contributed by atoms with Crippen LogP contribution in [-0.2, 0) is 14.3 Å². The third-order valence-corrected chi connectivity index (χ3v) is 11.9. The number of thioether (sulfide) groups is 1. The summed E-state index contributed by atoms with van der Waals surface area (Å²) in [5, 5.41) is 19.4. The topological polar surface area (TPSA) is 106 Å². The lowest BCUT2D eigenvalue weighted by Gasteiger charge is -2.44. The Morgan fingerprint density at radius 2 is 1.93 bits per heavy atom. The van der Waals surface area contributed by atoms with Gasteiger partial charge in [-0.1, -0.05) is 0 Å². The molecule has 3 aliphatic heterocycles. The molecule has 0 aromatic carbocycles. The largest absolute Gasteiger partial charge is 0.381 e. The number of hydrogen-bond donors (Lipinski definition) is 3. The Bertz CT molecular complexity index is 961. The number of hydrogen-bond acceptors (Lipinski definition) is 7. The van der Waals surface area contributed by atoms with Gasteiger partial charge in [0.15, 0.2) is 0 Å². The minimum atomic E-state index is -2.39. The fourth-order valence-corrected chi connectivity index (χ4v) is 9.66. The molecular weight excluding hydrogens is 560 g/mol. The van der Waals surface area contributed by atoms with Gasteiger partial charge in [-0.3, -0.25) is 14.9 Å². The van der Waals surface area contributed by atoms with E-state index in [4.69, 9.17) is 16.3 Å². The molecule has 12 atom stereocenters. The van der Waals surface area contributed by atoms with Gasteiger partial charge in [-0.05, 0) is 63.7 Å². The van der Waals surface area contributed by atoms with Gasteiger partial charge in [-0.15, -0.1) is 23.4 Å². The van der Waals surface area contributed by atoms with E-state index in [2.05, 4.69) is 28.9 Å². The monoisotopic (exact) mass is 601 g/mol. The van der Waals surface area contributed by atoms with E-state index in [9.17, 15) is 23.6 Å². The Labute approximate surface area is 245 Å². The summed E-state index contributed by atoms with van der Waals surface area (Å²) in [4.78, 5) is 28.6. The Kier molecular flexibility index (Phi) is 9.83. The first-order valence-corrected chi connectivity index (χ1v) is 16.1. The molecule has 5 fully saturated rings. The number of halogens is 3. The van der Waals surface area contributed by atoms with E-state index in [0.717, 1.165) is 25.7 Å². The number of nitrogens with zero attached hydrogens (tertiary/aromatic N) is 2. The molecule has 5 rings (SSSR count). The van der Waals surface area contributed by atoms with Crippen molar-refractivity contribution in [2.45, 2.75) is 92.6 Å². The van der Waals surface area contributed by atoms with Crippen molar-refractivity contribution < 1.29 is 23.1 Å². The molecule has 0 bridgehead atoms. The van der Waals surface area contributed by atoms with Crippen molar-refractivity contribution in [1.82, 2.24) is 20.9 Å². The van der Waals surface area contributed by atoms with Crippen LogP contribution in [0.5, 0.6) is 0 Å². The van der Waals surface area contributed by atoms with Gasteiger partial charge in [-0.2, -0.15) is 5.26 Å². The number of rotatable bonds is 6. The highest BCUT2D eigenvalue weighted by Gasteiger charge is 2.48. The van der Waals surface area contributed by atoms with E-state index in [-0.39, 0.29) is 64.8 Å². The van der Waals surface area contributed by atoms with Gasteiger partial charge < -0.3 is 20.3 Å². The predicted octanol–water partition coefficient (Wildman–Crippen LogP) is 3.16. The molecule has 2 aliphatic carbocycles. The van der Waals surface area contributed by atoms with E-state index in [0.29, 0.717) is 38.5 Å². The maximum absolute atomic E-state index is 13.6. The van der Waals surface area contributed by atoms with Gasteiger partial charge in [0.25, 0.3) is 0 Å². The summed E-state index contributed by atoms with van der Waals surface area (Å²) in [5.74, 6) is -1.04. The average Bonchev–Trinajstić information content (AvgIpc) is 3.51. The normalized spacial score (nSPS) is 43.8. The number of amides is 2. The molecule has 3 N–H and O–H groups in total. The van der Waals surface area contributed by atoms with Gasteiger partial charge in [0.05, 0.1) is 24.0 Å². The fourth-order valence-electron chi connectivity index (χ4n) is 7.79. The van der Waals surface area contributed by atoms with E-state index < -0.39 is 23.6 Å². The second kappa shape index (κ2) is 13.0. The molecule has 0 aromatic heterocycles. The second-order valence-electron chi connectivity index (χ2n) is 12.5. The molecule has 5 aliphatic rings. The number of piperidine rings is 1. The number of nitrogens with one attached hydrogen (secondary N) is 3. The standard InChI is InChI=1S/C28H42ClF2N5O3S/c1-14-7-18(19-8-15(10-32)3-6-23(19)39-2)20(11-33-14)26(37)35-28-34-22-12-36(13-24(22)40-28)27(38)17-5-4-16(25(30)31)9-21(17)29/h14-25,28,33-34H,3-9,11-13H2,1-2H3,(H,35,37). The van der Waals surface area contributed by atoms with Crippen LogP contribution in [-0.4, -0.2) is 84.2 Å². The third-order valence-electron chi connectivity index (χ3n) is 10.0. The minimum absolute atomic E-state index is 0.0100. The summed E-state index contributed by atoms with van der Waals surface area (Å²) in [7, 11) is 1.73. The number of carbonyl (C=O) groups is 2. The number of likely N-dealkylation sites (tertiary alicyclic amines) is 1. The van der Waals surface area contributed by atoms with Crippen LogP contribution in [0.25, 0.3) is 0 Å². The van der Waals surface area contributed by atoms with Gasteiger partial charge in [0.1, 0.15) is 5.50 Å². The summed E-state index contributed by atoms with van der Waals surface area (Å²) in [5.41, 5.74) is -0.238. The van der Waals surface area contributed by atoms with Crippen molar-refractivity contribution in [2.24, 2.45) is 35.5 Å². The van der Waals surface area contributed by atoms with Crippen LogP contribution in [0.4, 0.5) is 8.78 Å². The Morgan fingerprint density at radius 3 is 2.60 bits per heavy atom. The molecule has 3 heterocycles. The average molecular weight is 602 g/mol. The summed E-state index contributed by atoms with van der Waals surface area (Å²) in [6, 6.07) is 2.80. The number of alkyl halides is 3. The summed E-state index contributed by atoms with van der Waals surface area (Å²) in [6.07, 6.45) is 1.92. The van der Waals surface area contributed by atoms with E-state index in [1.807, 2.05) is 4.90 Å². The van der Waals surface area contributed by atoms with Crippen LogP contribution >= 0.6 is 23.4 Å². The number of nitriles is 1. The SMILES string of the molecule is COC1CCC(C#N)CC1C1CC(C)NCC1C(=O)NC1NC2CN(C(=O)C3CCC(C(F)F)CC3Cl)CC2S1. The lowest BCUT2D eigenvalue weighted by Crippen LogP contribution is -2.55. The van der Waals surface area contributed by atoms with E-state index in [1.165, 1.54) is 0 Å². The third kappa shape index (κ3) is 6.41. The lowest BCUT2D eigenvalue weighted by atomic mass is 9.66. The first-order valence-electron chi connectivity index (χ1n) is 14.8. The summed E-state index contributed by atoms with van der Waals surface area (Å²) in [6.45, 7) is 3.83. The molecule has 0 aromatic rings. The van der Waals surface area contributed by atoms with Crippen molar-refractivity contribution in [1.29, 1.82) is 5.26 Å². The predicted molar refractivity (Wildman–Crippen MR) is 150 cm³/mol. The zero-order valence-corrected chi connectivity index (χ0v) is 24.8. The van der Waals surface area contributed by atoms with Crippen molar-refractivity contribution in [3.05, 3.63) is 0 Å². The summed E-state index contributed by atoms with van der Waals surface area (Å²) < 4.78 is 32.1. The van der Waals surface area contributed by atoms with Crippen molar-refractivity contribution in [3.63, 3.8) is 0 Å². The molecule has 224 valence electrons. The number of carbonyl (C=O) groups excluding carboxylic acids is 2. The first kappa shape index (κ1) is 30.3. The molecule has 3 saturated heterocycles. The highest BCUT2D eigenvalue weighted by Crippen LogP contribution is 2.43. The molecular formula is C28H42ClF2N5O3S. The van der Waals surface area contributed by atoms with E-state index >= 15 is 0 Å². The van der Waals surface area contributed by atoms with Crippen molar-refractivity contribution >= 4 is 35.2 Å². The van der Waals surface area contributed by atoms with Gasteiger partial charge in [0, 0.05) is 61.3 Å². The van der Waals surface area contributed by atoms with Crippen LogP contribution in [0.1, 0.15) is 51.9 Å². The second-order valence-corrected chi connectivity index (χ2v) is 14.4. The minimum Gasteiger partial charge on any atom is -0.381 e. The number of methoxy groups -OCH3 is 1. The molecule has 0 spiro atoms. The van der Waals surface area contributed by atoms with Crippen molar-refractivity contribution in [2.75, 3.05) is 26.7 Å². The molecule has 12 heteroatoms. The maximum atomic E-state index is 13.6. The Balaban J connectivity index is 1.15. The Morgan fingerprint density at radius 1 is 1.12 bits per heavy atom. The quantitative estimate of drug-likeness (QED) is 0.402. The van der Waals surface area contributed by atoms with Gasteiger partial charge >= 0.3 is 0 Å².